The summed E-state index contributed by atoms with van der Waals surface area (Å²) in [6.07, 6.45) is 3.54. The second-order valence-corrected chi connectivity index (χ2v) is 7.72. The minimum atomic E-state index is 0.0332. The summed E-state index contributed by atoms with van der Waals surface area (Å²) in [5, 5.41) is 0. The molecule has 0 aliphatic carbocycles. The standard InChI is InChI=1S/C26H25NO/c1-18-7-9-21(10-8-18)11-12-26(28)22-5-4-6-25(15-22)27-16-23-13-19(2)20(3)14-24(23)17-27/h4-15H,16-17H2,1-3H3/b12-11+. The van der Waals surface area contributed by atoms with Gasteiger partial charge in [-0.3, -0.25) is 4.79 Å². The summed E-state index contributed by atoms with van der Waals surface area (Å²) in [5.74, 6) is 0.0332. The van der Waals surface area contributed by atoms with Crippen LogP contribution in [0.5, 0.6) is 0 Å². The maximum atomic E-state index is 12.7. The van der Waals surface area contributed by atoms with Crippen LogP contribution >= 0.6 is 0 Å². The topological polar surface area (TPSA) is 20.3 Å². The Morgan fingerprint density at radius 3 is 2.14 bits per heavy atom. The molecule has 0 N–H and O–H groups in total. The lowest BCUT2D eigenvalue weighted by molar-refractivity contribution is 0.104. The number of ketones is 1. The van der Waals surface area contributed by atoms with Crippen molar-refractivity contribution in [3.63, 3.8) is 0 Å². The van der Waals surface area contributed by atoms with Crippen molar-refractivity contribution in [3.05, 3.63) is 106 Å². The summed E-state index contributed by atoms with van der Waals surface area (Å²) in [5.41, 5.74) is 9.53. The number of aryl methyl sites for hydroxylation is 3. The maximum Gasteiger partial charge on any atom is 0.185 e. The maximum absolute atomic E-state index is 12.7. The highest BCUT2D eigenvalue weighted by Crippen LogP contribution is 2.30. The number of anilines is 1. The zero-order chi connectivity index (χ0) is 19.7. The smallest absolute Gasteiger partial charge is 0.185 e. The number of benzene rings is 3. The Morgan fingerprint density at radius 2 is 1.50 bits per heavy atom. The van der Waals surface area contributed by atoms with Gasteiger partial charge in [0.2, 0.25) is 0 Å². The molecule has 0 atom stereocenters. The lowest BCUT2D eigenvalue weighted by atomic mass is 10.0. The van der Waals surface area contributed by atoms with Gasteiger partial charge in [-0.2, -0.15) is 0 Å². The highest BCUT2D eigenvalue weighted by atomic mass is 16.1. The van der Waals surface area contributed by atoms with Crippen molar-refractivity contribution in [1.82, 2.24) is 0 Å². The van der Waals surface area contributed by atoms with Gasteiger partial charge in [0.05, 0.1) is 0 Å². The molecule has 1 aliphatic heterocycles. The third-order valence-electron chi connectivity index (χ3n) is 5.54. The molecule has 1 heterocycles. The third-order valence-corrected chi connectivity index (χ3v) is 5.54. The summed E-state index contributed by atoms with van der Waals surface area (Å²) >= 11 is 0. The number of rotatable bonds is 4. The van der Waals surface area contributed by atoms with Crippen molar-refractivity contribution in [2.24, 2.45) is 0 Å². The van der Waals surface area contributed by atoms with E-state index in [9.17, 15) is 4.79 Å². The molecule has 3 aromatic carbocycles. The normalized spacial score (nSPS) is 13.2. The number of allylic oxidation sites excluding steroid dienone is 1. The molecular weight excluding hydrogens is 342 g/mol. The van der Waals surface area contributed by atoms with Crippen molar-refractivity contribution in [1.29, 1.82) is 0 Å². The molecule has 4 rings (SSSR count). The lowest BCUT2D eigenvalue weighted by Crippen LogP contribution is -2.14. The first kappa shape index (κ1) is 18.2. The highest BCUT2D eigenvalue weighted by molar-refractivity contribution is 6.07. The fraction of sp³-hybridized carbons (Fsp3) is 0.192. The Morgan fingerprint density at radius 1 is 0.857 bits per heavy atom. The van der Waals surface area contributed by atoms with E-state index in [0.29, 0.717) is 0 Å². The van der Waals surface area contributed by atoms with E-state index in [2.05, 4.69) is 56.0 Å². The molecule has 0 saturated carbocycles. The van der Waals surface area contributed by atoms with E-state index >= 15 is 0 Å². The van der Waals surface area contributed by atoms with Crippen LogP contribution in [0.15, 0.2) is 66.7 Å². The van der Waals surface area contributed by atoms with Crippen LogP contribution < -0.4 is 4.90 Å². The van der Waals surface area contributed by atoms with E-state index in [1.165, 1.54) is 27.8 Å². The molecule has 0 unspecified atom stereocenters. The summed E-state index contributed by atoms with van der Waals surface area (Å²) < 4.78 is 0. The monoisotopic (exact) mass is 367 g/mol. The van der Waals surface area contributed by atoms with Crippen molar-refractivity contribution in [2.75, 3.05) is 4.90 Å². The van der Waals surface area contributed by atoms with Gasteiger partial charge in [-0.25, -0.2) is 0 Å². The van der Waals surface area contributed by atoms with Crippen molar-refractivity contribution in [3.8, 4) is 0 Å². The third kappa shape index (κ3) is 3.77. The van der Waals surface area contributed by atoms with Crippen molar-refractivity contribution >= 4 is 17.5 Å². The highest BCUT2D eigenvalue weighted by Gasteiger charge is 2.20. The average molecular weight is 367 g/mol. The minimum Gasteiger partial charge on any atom is -0.363 e. The Kier molecular flexibility index (Phi) is 4.87. The van der Waals surface area contributed by atoms with Crippen LogP contribution in [0.25, 0.3) is 6.08 Å². The van der Waals surface area contributed by atoms with E-state index < -0.39 is 0 Å². The zero-order valence-corrected chi connectivity index (χ0v) is 16.7. The predicted molar refractivity (Wildman–Crippen MR) is 117 cm³/mol. The van der Waals surface area contributed by atoms with Crippen LogP contribution in [0.1, 0.15) is 43.7 Å². The first-order valence-electron chi connectivity index (χ1n) is 9.73. The van der Waals surface area contributed by atoms with Crippen molar-refractivity contribution in [2.45, 2.75) is 33.9 Å². The molecule has 0 saturated heterocycles. The van der Waals surface area contributed by atoms with Gasteiger partial charge >= 0.3 is 0 Å². The number of carbonyl (C=O) groups excluding carboxylic acids is 1. The molecule has 0 spiro atoms. The molecule has 140 valence electrons. The number of nitrogens with zero attached hydrogens (tertiary/aromatic N) is 1. The quantitative estimate of drug-likeness (QED) is 0.415. The van der Waals surface area contributed by atoms with E-state index in [1.807, 2.05) is 36.4 Å². The largest absolute Gasteiger partial charge is 0.363 e. The van der Waals surface area contributed by atoms with E-state index in [-0.39, 0.29) is 5.78 Å². The van der Waals surface area contributed by atoms with Gasteiger partial charge in [-0.1, -0.05) is 60.2 Å². The number of carbonyl (C=O) groups is 1. The molecule has 1 aliphatic rings. The van der Waals surface area contributed by atoms with Gasteiger partial charge in [0.1, 0.15) is 0 Å². The molecule has 0 fully saturated rings. The summed E-state index contributed by atoms with van der Waals surface area (Å²) in [4.78, 5) is 15.0. The molecule has 0 bridgehead atoms. The van der Waals surface area contributed by atoms with E-state index in [4.69, 9.17) is 0 Å². The van der Waals surface area contributed by atoms with Crippen LogP contribution in [-0.2, 0) is 13.1 Å². The zero-order valence-electron chi connectivity index (χ0n) is 16.7. The van der Waals surface area contributed by atoms with Crippen LogP contribution in [0.3, 0.4) is 0 Å². The number of fused-ring (bicyclic) bond motifs is 1. The molecule has 0 aromatic heterocycles. The minimum absolute atomic E-state index is 0.0332. The second-order valence-electron chi connectivity index (χ2n) is 7.72. The first-order valence-corrected chi connectivity index (χ1v) is 9.73. The molecule has 28 heavy (non-hydrogen) atoms. The predicted octanol–water partition coefficient (Wildman–Crippen LogP) is 6.03. The average Bonchev–Trinajstić information content (AvgIpc) is 3.10. The SMILES string of the molecule is Cc1ccc(/C=C/C(=O)c2cccc(N3Cc4cc(C)c(C)cc4C3)c2)cc1. The molecule has 2 heteroatoms. The van der Waals surface area contributed by atoms with Gasteiger partial charge in [0.25, 0.3) is 0 Å². The fourth-order valence-corrected chi connectivity index (χ4v) is 3.68. The van der Waals surface area contributed by atoms with E-state index in [1.54, 1.807) is 6.08 Å². The Bertz CT molecular complexity index is 1030. The van der Waals surface area contributed by atoms with Gasteiger partial charge in [0.15, 0.2) is 5.78 Å². The molecule has 2 nitrogen and oxygen atoms in total. The van der Waals surface area contributed by atoms with Crippen LogP contribution in [0.2, 0.25) is 0 Å². The lowest BCUT2D eigenvalue weighted by Gasteiger charge is -2.18. The number of hydrogen-bond acceptors (Lipinski definition) is 2. The fourth-order valence-electron chi connectivity index (χ4n) is 3.68. The molecular formula is C26H25NO. The summed E-state index contributed by atoms with van der Waals surface area (Å²) in [6.45, 7) is 8.18. The summed E-state index contributed by atoms with van der Waals surface area (Å²) in [7, 11) is 0. The van der Waals surface area contributed by atoms with Gasteiger partial charge in [0, 0.05) is 24.3 Å². The van der Waals surface area contributed by atoms with Crippen molar-refractivity contribution < 1.29 is 4.79 Å². The van der Waals surface area contributed by atoms with Gasteiger partial charge in [-0.15, -0.1) is 0 Å². The Balaban J connectivity index is 1.52. The van der Waals surface area contributed by atoms with Crippen LogP contribution in [-0.4, -0.2) is 5.78 Å². The van der Waals surface area contributed by atoms with Gasteiger partial charge in [-0.05, 0) is 66.8 Å². The number of hydrogen-bond donors (Lipinski definition) is 0. The van der Waals surface area contributed by atoms with Crippen LogP contribution in [0.4, 0.5) is 5.69 Å². The molecule has 3 aromatic rings. The summed E-state index contributed by atoms with van der Waals surface area (Å²) in [6, 6.07) is 20.7. The van der Waals surface area contributed by atoms with Gasteiger partial charge < -0.3 is 4.90 Å². The first-order chi connectivity index (χ1) is 13.5. The Labute approximate surface area is 167 Å². The second kappa shape index (κ2) is 7.47. The van der Waals surface area contributed by atoms with E-state index in [0.717, 1.165) is 29.9 Å². The molecule has 0 radical (unpaired) electrons. The van der Waals surface area contributed by atoms with Crippen LogP contribution in [0, 0.1) is 20.8 Å². The molecule has 0 amide bonds. The Hall–Kier alpha value is -3.13.